The van der Waals surface area contributed by atoms with E-state index in [2.05, 4.69) is 20.3 Å². The number of morpholine rings is 1. The van der Waals surface area contributed by atoms with Gasteiger partial charge >= 0.3 is 0 Å². The summed E-state index contributed by atoms with van der Waals surface area (Å²) in [5, 5.41) is 3.11. The predicted octanol–water partition coefficient (Wildman–Crippen LogP) is 3.12. The average molecular weight is 611 g/mol. The van der Waals surface area contributed by atoms with Gasteiger partial charge in [-0.2, -0.15) is 31.8 Å². The summed E-state index contributed by atoms with van der Waals surface area (Å²) >= 11 is 0. The molecule has 0 saturated carbocycles. The SMILES string of the molecule is Nc1cccc(S(=O)(=O)O)c1C=C(c1nc(Nc2ccccc2)nc(N2CCOCC2)n1)c1ccccc1S(=O)(=O)O. The molecule has 0 aliphatic carbocycles. The molecule has 218 valence electrons. The fraction of sp³-hybridized carbons (Fsp3) is 0.148. The molecule has 1 aliphatic heterocycles. The Morgan fingerprint density at radius 2 is 1.48 bits per heavy atom. The van der Waals surface area contributed by atoms with E-state index in [1.165, 1.54) is 42.5 Å². The molecule has 15 heteroatoms. The standard InChI is InChI=1S/C27H26N6O7S2/c28-22-10-6-12-24(42(37,38)39)21(22)17-20(19-9-4-5-11-23(19)41(34,35)36)25-30-26(29-18-7-2-1-3-8-18)32-27(31-25)33-13-15-40-16-14-33/h1-12,17H,13-16,28H2,(H,34,35,36)(H,37,38,39)(H,29,30,31,32). The Bertz CT molecular complexity index is 1860. The molecule has 0 amide bonds. The summed E-state index contributed by atoms with van der Waals surface area (Å²) in [6, 6.07) is 18.5. The molecular weight excluding hydrogens is 584 g/mol. The summed E-state index contributed by atoms with van der Waals surface area (Å²) < 4.78 is 74.9. The maximum absolute atomic E-state index is 12.4. The van der Waals surface area contributed by atoms with Crippen molar-refractivity contribution in [2.24, 2.45) is 0 Å². The number of nitrogens with two attached hydrogens (primary N) is 1. The van der Waals surface area contributed by atoms with Gasteiger partial charge in [-0.25, -0.2) is 0 Å². The fourth-order valence-corrected chi connectivity index (χ4v) is 5.77. The van der Waals surface area contributed by atoms with Gasteiger partial charge in [-0.05, 0) is 36.4 Å². The van der Waals surface area contributed by atoms with Crippen molar-refractivity contribution in [3.05, 3.63) is 89.7 Å². The van der Waals surface area contributed by atoms with Crippen molar-refractivity contribution in [2.45, 2.75) is 9.79 Å². The monoisotopic (exact) mass is 610 g/mol. The van der Waals surface area contributed by atoms with Crippen LogP contribution in [-0.4, -0.2) is 67.2 Å². The molecule has 3 aromatic carbocycles. The van der Waals surface area contributed by atoms with Gasteiger partial charge in [-0.3, -0.25) is 9.11 Å². The zero-order valence-corrected chi connectivity index (χ0v) is 23.6. The minimum atomic E-state index is -4.77. The van der Waals surface area contributed by atoms with Crippen LogP contribution in [0.4, 0.5) is 23.3 Å². The normalized spacial score (nSPS) is 14.5. The Balaban J connectivity index is 1.81. The minimum Gasteiger partial charge on any atom is -0.398 e. The maximum Gasteiger partial charge on any atom is 0.295 e. The lowest BCUT2D eigenvalue weighted by molar-refractivity contribution is 0.122. The van der Waals surface area contributed by atoms with Crippen LogP contribution in [0.15, 0.2) is 82.6 Å². The van der Waals surface area contributed by atoms with Gasteiger partial charge in [0.1, 0.15) is 9.79 Å². The summed E-state index contributed by atoms with van der Waals surface area (Å²) in [7, 11) is -9.53. The van der Waals surface area contributed by atoms with E-state index in [1.54, 1.807) is 12.1 Å². The van der Waals surface area contributed by atoms with Gasteiger partial charge in [-0.15, -0.1) is 0 Å². The second-order valence-electron chi connectivity index (χ2n) is 9.14. The first-order valence-corrected chi connectivity index (χ1v) is 15.4. The number of ether oxygens (including phenoxy) is 1. The molecule has 1 saturated heterocycles. The lowest BCUT2D eigenvalue weighted by atomic mass is 10.0. The van der Waals surface area contributed by atoms with Crippen LogP contribution < -0.4 is 16.0 Å². The van der Waals surface area contributed by atoms with Crippen molar-refractivity contribution in [3.63, 3.8) is 0 Å². The van der Waals surface area contributed by atoms with E-state index >= 15 is 0 Å². The van der Waals surface area contributed by atoms with Crippen molar-refractivity contribution in [1.82, 2.24) is 15.0 Å². The topological polar surface area (TPSA) is 198 Å². The lowest BCUT2D eigenvalue weighted by Crippen LogP contribution is -2.37. The van der Waals surface area contributed by atoms with Crippen LogP contribution in [0, 0.1) is 0 Å². The highest BCUT2D eigenvalue weighted by Crippen LogP contribution is 2.34. The van der Waals surface area contributed by atoms with Gasteiger partial charge in [0.05, 0.1) is 13.2 Å². The number of aromatic nitrogens is 3. The summed E-state index contributed by atoms with van der Waals surface area (Å²) in [6.45, 7) is 1.78. The Morgan fingerprint density at radius 3 is 2.17 bits per heavy atom. The van der Waals surface area contributed by atoms with Crippen LogP contribution in [-0.2, 0) is 25.0 Å². The number of nitrogens with one attached hydrogen (secondary N) is 1. The first-order valence-electron chi connectivity index (χ1n) is 12.6. The molecule has 42 heavy (non-hydrogen) atoms. The van der Waals surface area contributed by atoms with E-state index in [1.807, 2.05) is 23.1 Å². The minimum absolute atomic E-state index is 0.0148. The van der Waals surface area contributed by atoms with Crippen molar-refractivity contribution in [3.8, 4) is 0 Å². The van der Waals surface area contributed by atoms with Crippen LogP contribution in [0.5, 0.6) is 0 Å². The van der Waals surface area contributed by atoms with Gasteiger partial charge in [0.25, 0.3) is 20.2 Å². The van der Waals surface area contributed by atoms with Crippen molar-refractivity contribution >= 4 is 55.2 Å². The molecule has 13 nitrogen and oxygen atoms in total. The van der Waals surface area contributed by atoms with Crippen LogP contribution in [0.3, 0.4) is 0 Å². The van der Waals surface area contributed by atoms with Crippen molar-refractivity contribution in [2.75, 3.05) is 42.3 Å². The third-order valence-corrected chi connectivity index (χ3v) is 8.13. The van der Waals surface area contributed by atoms with Crippen LogP contribution in [0.2, 0.25) is 0 Å². The number of hydrogen-bond acceptors (Lipinski definition) is 11. The molecule has 4 aromatic rings. The highest BCUT2D eigenvalue weighted by atomic mass is 32.2. The van der Waals surface area contributed by atoms with Crippen LogP contribution >= 0.6 is 0 Å². The van der Waals surface area contributed by atoms with E-state index in [0.717, 1.165) is 6.07 Å². The van der Waals surface area contributed by atoms with Crippen molar-refractivity contribution in [1.29, 1.82) is 0 Å². The van der Waals surface area contributed by atoms with Gasteiger partial charge in [0, 0.05) is 41.2 Å². The van der Waals surface area contributed by atoms with Crippen molar-refractivity contribution < 1.29 is 30.7 Å². The molecule has 1 aromatic heterocycles. The third kappa shape index (κ3) is 6.56. The first kappa shape index (κ1) is 29.1. The molecule has 1 fully saturated rings. The number of hydrogen-bond donors (Lipinski definition) is 4. The van der Waals surface area contributed by atoms with Crippen LogP contribution in [0.25, 0.3) is 11.6 Å². The second-order valence-corrected chi connectivity index (χ2v) is 11.9. The molecule has 0 atom stereocenters. The zero-order chi connectivity index (χ0) is 29.9. The average Bonchev–Trinajstić information content (AvgIpc) is 2.96. The number of nitrogens with zero attached hydrogens (tertiary/aromatic N) is 4. The Morgan fingerprint density at radius 1 is 0.833 bits per heavy atom. The molecule has 0 unspecified atom stereocenters. The van der Waals surface area contributed by atoms with Gasteiger partial charge < -0.3 is 20.7 Å². The van der Waals surface area contributed by atoms with Crippen LogP contribution in [0.1, 0.15) is 17.0 Å². The molecule has 2 heterocycles. The third-order valence-electron chi connectivity index (χ3n) is 6.31. The number of para-hydroxylation sites is 1. The summed E-state index contributed by atoms with van der Waals surface area (Å²) in [5.74, 6) is 0.289. The first-order chi connectivity index (χ1) is 20.0. The number of anilines is 4. The Labute approximate surface area is 242 Å². The molecule has 0 spiro atoms. The zero-order valence-electron chi connectivity index (χ0n) is 22.0. The van der Waals surface area contributed by atoms with Gasteiger partial charge in [0.2, 0.25) is 11.9 Å². The molecule has 5 N–H and O–H groups in total. The predicted molar refractivity (Wildman–Crippen MR) is 156 cm³/mol. The summed E-state index contributed by atoms with van der Waals surface area (Å²) in [4.78, 5) is 14.6. The molecule has 5 rings (SSSR count). The fourth-order valence-electron chi connectivity index (χ4n) is 4.36. The van der Waals surface area contributed by atoms with E-state index in [4.69, 9.17) is 10.5 Å². The molecular formula is C27H26N6O7S2. The molecule has 1 aliphatic rings. The Hall–Kier alpha value is -4.41. The summed E-state index contributed by atoms with van der Waals surface area (Å²) in [5.41, 5.74) is 6.58. The summed E-state index contributed by atoms with van der Waals surface area (Å²) in [6.07, 6.45) is 1.26. The smallest absolute Gasteiger partial charge is 0.295 e. The maximum atomic E-state index is 12.4. The van der Waals surface area contributed by atoms with E-state index in [0.29, 0.717) is 32.0 Å². The van der Waals surface area contributed by atoms with E-state index < -0.39 is 30.0 Å². The van der Waals surface area contributed by atoms with Gasteiger partial charge in [0.15, 0.2) is 5.82 Å². The second kappa shape index (κ2) is 11.8. The highest BCUT2D eigenvalue weighted by Gasteiger charge is 2.25. The van der Waals surface area contributed by atoms with E-state index in [9.17, 15) is 25.9 Å². The van der Waals surface area contributed by atoms with E-state index in [-0.39, 0.29) is 40.1 Å². The lowest BCUT2D eigenvalue weighted by Gasteiger charge is -2.27. The Kier molecular flexibility index (Phi) is 8.20. The quantitative estimate of drug-likeness (QED) is 0.129. The number of benzene rings is 3. The largest absolute Gasteiger partial charge is 0.398 e. The highest BCUT2D eigenvalue weighted by molar-refractivity contribution is 7.86. The van der Waals surface area contributed by atoms with Gasteiger partial charge in [-0.1, -0.05) is 42.5 Å². The number of rotatable bonds is 8. The molecule has 0 radical (unpaired) electrons. The molecule has 0 bridgehead atoms. The number of nitrogen functional groups attached to an aromatic ring is 1.